The van der Waals surface area contributed by atoms with Crippen LogP contribution in [0.2, 0.25) is 0 Å². The number of rotatable bonds is 2. The highest BCUT2D eigenvalue weighted by atomic mass is 79.9. The van der Waals surface area contributed by atoms with Crippen molar-refractivity contribution in [3.05, 3.63) is 46.6 Å². The number of hydrogen-bond donors (Lipinski definition) is 1. The van der Waals surface area contributed by atoms with E-state index in [9.17, 15) is 4.79 Å². The predicted molar refractivity (Wildman–Crippen MR) is 73.1 cm³/mol. The van der Waals surface area contributed by atoms with Gasteiger partial charge in [-0.15, -0.1) is 0 Å². The molecule has 0 aliphatic heterocycles. The summed E-state index contributed by atoms with van der Waals surface area (Å²) in [4.78, 5) is 15.4. The van der Waals surface area contributed by atoms with Gasteiger partial charge in [0.15, 0.2) is 0 Å². The molecule has 0 saturated carbocycles. The van der Waals surface area contributed by atoms with Crippen LogP contribution in [-0.2, 0) is 4.74 Å². The van der Waals surface area contributed by atoms with E-state index < -0.39 is 0 Å². The summed E-state index contributed by atoms with van der Waals surface area (Å²) in [5.74, 6) is 0.0888. The third-order valence-electron chi connectivity index (χ3n) is 2.50. The Morgan fingerprint density at radius 1 is 1.33 bits per heavy atom. The summed E-state index contributed by atoms with van der Waals surface area (Å²) in [6, 6.07) is 8.90. The summed E-state index contributed by atoms with van der Waals surface area (Å²) in [7, 11) is 1.35. The van der Waals surface area contributed by atoms with E-state index in [0.717, 1.165) is 15.6 Å². The highest BCUT2D eigenvalue weighted by Gasteiger charge is 2.08. The number of nitrogens with two attached hydrogens (primary N) is 1. The molecule has 0 aliphatic rings. The van der Waals surface area contributed by atoms with Crippen LogP contribution in [-0.4, -0.2) is 18.1 Å². The Balaban J connectivity index is 2.40. The zero-order valence-electron chi connectivity index (χ0n) is 9.68. The summed E-state index contributed by atoms with van der Waals surface area (Å²) >= 11 is 3.35. The Morgan fingerprint density at radius 2 is 2.00 bits per heavy atom. The first kappa shape index (κ1) is 12.6. The van der Waals surface area contributed by atoms with Crippen molar-refractivity contribution in [2.75, 3.05) is 12.8 Å². The molecular formula is C13H11BrN2O2. The number of ether oxygens (including phenoxy) is 1. The van der Waals surface area contributed by atoms with Gasteiger partial charge in [0.2, 0.25) is 0 Å². The van der Waals surface area contributed by atoms with E-state index in [0.29, 0.717) is 11.4 Å². The number of benzene rings is 1. The number of carbonyl (C=O) groups excluding carboxylic acids is 1. The van der Waals surface area contributed by atoms with E-state index >= 15 is 0 Å². The standard InChI is InChI=1S/C13H11BrN2O2/c1-18-13(17)9-4-2-8(3-5-9)11-6-10(14)7-16-12(11)15/h2-7H,1H3,(H2,15,16). The first-order chi connectivity index (χ1) is 8.61. The lowest BCUT2D eigenvalue weighted by Crippen LogP contribution is -2.00. The number of halogens is 1. The number of methoxy groups -OCH3 is 1. The topological polar surface area (TPSA) is 65.2 Å². The van der Waals surface area contributed by atoms with E-state index in [1.807, 2.05) is 18.2 Å². The van der Waals surface area contributed by atoms with Crippen LogP contribution in [0, 0.1) is 0 Å². The Labute approximate surface area is 113 Å². The maximum Gasteiger partial charge on any atom is 0.337 e. The van der Waals surface area contributed by atoms with Gasteiger partial charge in [0.25, 0.3) is 0 Å². The number of nitrogen functional groups attached to an aromatic ring is 1. The minimum absolute atomic E-state index is 0.359. The van der Waals surface area contributed by atoms with Crippen LogP contribution in [0.15, 0.2) is 41.0 Å². The van der Waals surface area contributed by atoms with Gasteiger partial charge in [0.05, 0.1) is 12.7 Å². The lowest BCUT2D eigenvalue weighted by Gasteiger charge is -2.06. The van der Waals surface area contributed by atoms with Gasteiger partial charge in [0.1, 0.15) is 5.82 Å². The highest BCUT2D eigenvalue weighted by molar-refractivity contribution is 9.10. The van der Waals surface area contributed by atoms with Gasteiger partial charge in [-0.1, -0.05) is 12.1 Å². The molecule has 1 aromatic carbocycles. The number of nitrogens with zero attached hydrogens (tertiary/aromatic N) is 1. The Hall–Kier alpha value is -1.88. The molecule has 2 N–H and O–H groups in total. The molecule has 0 bridgehead atoms. The second-order valence-electron chi connectivity index (χ2n) is 3.66. The summed E-state index contributed by atoms with van der Waals surface area (Å²) in [6.45, 7) is 0. The first-order valence-electron chi connectivity index (χ1n) is 5.21. The Bertz CT molecular complexity index is 582. The van der Waals surface area contributed by atoms with Crippen molar-refractivity contribution in [3.8, 4) is 11.1 Å². The molecule has 0 aliphatic carbocycles. The van der Waals surface area contributed by atoms with E-state index in [4.69, 9.17) is 5.73 Å². The average Bonchev–Trinajstić information content (AvgIpc) is 2.41. The zero-order valence-corrected chi connectivity index (χ0v) is 11.3. The van der Waals surface area contributed by atoms with Crippen molar-refractivity contribution in [1.29, 1.82) is 0 Å². The molecule has 92 valence electrons. The zero-order chi connectivity index (χ0) is 13.1. The third kappa shape index (κ3) is 2.51. The van der Waals surface area contributed by atoms with Crippen LogP contribution in [0.25, 0.3) is 11.1 Å². The van der Waals surface area contributed by atoms with Crippen molar-refractivity contribution in [1.82, 2.24) is 4.98 Å². The molecule has 0 spiro atoms. The molecule has 2 aromatic rings. The van der Waals surface area contributed by atoms with Gasteiger partial charge in [-0.05, 0) is 39.7 Å². The number of hydrogen-bond acceptors (Lipinski definition) is 4. The Kier molecular flexibility index (Phi) is 3.62. The number of pyridine rings is 1. The number of esters is 1. The van der Waals surface area contributed by atoms with Gasteiger partial charge in [-0.25, -0.2) is 9.78 Å². The fourth-order valence-corrected chi connectivity index (χ4v) is 1.92. The molecule has 2 rings (SSSR count). The smallest absolute Gasteiger partial charge is 0.337 e. The third-order valence-corrected chi connectivity index (χ3v) is 2.94. The van der Waals surface area contributed by atoms with Crippen molar-refractivity contribution in [3.63, 3.8) is 0 Å². The maximum absolute atomic E-state index is 11.3. The van der Waals surface area contributed by atoms with E-state index in [1.54, 1.807) is 18.3 Å². The molecule has 5 heteroatoms. The molecule has 18 heavy (non-hydrogen) atoms. The molecule has 4 nitrogen and oxygen atoms in total. The number of anilines is 1. The molecule has 0 fully saturated rings. The van der Waals surface area contributed by atoms with Crippen molar-refractivity contribution in [2.24, 2.45) is 0 Å². The SMILES string of the molecule is COC(=O)c1ccc(-c2cc(Br)cnc2N)cc1. The Morgan fingerprint density at radius 3 is 2.61 bits per heavy atom. The second kappa shape index (κ2) is 5.18. The quantitative estimate of drug-likeness (QED) is 0.866. The van der Waals surface area contributed by atoms with Crippen LogP contribution in [0.3, 0.4) is 0 Å². The minimum atomic E-state index is -0.359. The highest BCUT2D eigenvalue weighted by Crippen LogP contribution is 2.27. The van der Waals surface area contributed by atoms with Crippen LogP contribution in [0.1, 0.15) is 10.4 Å². The fourth-order valence-electron chi connectivity index (χ4n) is 1.58. The number of aromatic nitrogens is 1. The number of carbonyl (C=O) groups is 1. The lowest BCUT2D eigenvalue weighted by atomic mass is 10.0. The van der Waals surface area contributed by atoms with E-state index in [1.165, 1.54) is 7.11 Å². The van der Waals surface area contributed by atoms with Crippen LogP contribution < -0.4 is 5.73 Å². The first-order valence-corrected chi connectivity index (χ1v) is 6.01. The molecule has 0 unspecified atom stereocenters. The normalized spacial score (nSPS) is 10.1. The van der Waals surface area contributed by atoms with Crippen molar-refractivity contribution >= 4 is 27.7 Å². The second-order valence-corrected chi connectivity index (χ2v) is 4.57. The van der Waals surface area contributed by atoms with Gasteiger partial charge in [-0.3, -0.25) is 0 Å². The van der Waals surface area contributed by atoms with Crippen LogP contribution >= 0.6 is 15.9 Å². The lowest BCUT2D eigenvalue weighted by molar-refractivity contribution is 0.0601. The van der Waals surface area contributed by atoms with Crippen LogP contribution in [0.4, 0.5) is 5.82 Å². The molecule has 0 atom stereocenters. The summed E-state index contributed by atoms with van der Waals surface area (Å²) in [5.41, 5.74) is 8.04. The monoisotopic (exact) mass is 306 g/mol. The van der Waals surface area contributed by atoms with Gasteiger partial charge in [-0.2, -0.15) is 0 Å². The maximum atomic E-state index is 11.3. The largest absolute Gasteiger partial charge is 0.465 e. The molecule has 1 aromatic heterocycles. The predicted octanol–water partition coefficient (Wildman–Crippen LogP) is 2.88. The van der Waals surface area contributed by atoms with E-state index in [-0.39, 0.29) is 5.97 Å². The van der Waals surface area contributed by atoms with Crippen LogP contribution in [0.5, 0.6) is 0 Å². The molecular weight excluding hydrogens is 296 g/mol. The van der Waals surface area contributed by atoms with Gasteiger partial charge in [0, 0.05) is 16.2 Å². The summed E-state index contributed by atoms with van der Waals surface area (Å²) in [5, 5.41) is 0. The summed E-state index contributed by atoms with van der Waals surface area (Å²) < 4.78 is 5.49. The molecule has 0 amide bonds. The van der Waals surface area contributed by atoms with Crippen molar-refractivity contribution in [2.45, 2.75) is 0 Å². The fraction of sp³-hybridized carbons (Fsp3) is 0.0769. The van der Waals surface area contributed by atoms with E-state index in [2.05, 4.69) is 25.7 Å². The minimum Gasteiger partial charge on any atom is -0.465 e. The molecule has 1 heterocycles. The average molecular weight is 307 g/mol. The van der Waals surface area contributed by atoms with Gasteiger partial charge < -0.3 is 10.5 Å². The van der Waals surface area contributed by atoms with Crippen molar-refractivity contribution < 1.29 is 9.53 Å². The van der Waals surface area contributed by atoms with Gasteiger partial charge >= 0.3 is 5.97 Å². The molecule has 0 saturated heterocycles. The molecule has 0 radical (unpaired) electrons. The summed E-state index contributed by atoms with van der Waals surface area (Å²) in [6.07, 6.45) is 1.64.